The number of hydrogen-bond donors (Lipinski definition) is 3. The van der Waals surface area contributed by atoms with Gasteiger partial charge in [-0.1, -0.05) is 30.3 Å². The van der Waals surface area contributed by atoms with Crippen LogP contribution >= 0.6 is 0 Å². The van der Waals surface area contributed by atoms with Crippen molar-refractivity contribution in [2.45, 2.75) is 13.0 Å². The topological polar surface area (TPSA) is 127 Å². The first-order valence-electron chi connectivity index (χ1n) is 14.0. The van der Waals surface area contributed by atoms with Gasteiger partial charge in [-0.15, -0.1) is 0 Å². The number of ether oxygens (including phenoxy) is 1. The van der Waals surface area contributed by atoms with Crippen LogP contribution in [0.5, 0.6) is 0 Å². The van der Waals surface area contributed by atoms with E-state index in [2.05, 4.69) is 54.8 Å². The van der Waals surface area contributed by atoms with Gasteiger partial charge in [0, 0.05) is 63.5 Å². The van der Waals surface area contributed by atoms with E-state index >= 15 is 0 Å². The number of amides is 2. The molecule has 1 aliphatic rings. The van der Waals surface area contributed by atoms with Crippen LogP contribution < -0.4 is 16.0 Å². The van der Waals surface area contributed by atoms with Crippen molar-refractivity contribution in [3.63, 3.8) is 0 Å². The second-order valence-corrected chi connectivity index (χ2v) is 10.0. The van der Waals surface area contributed by atoms with E-state index in [9.17, 15) is 14.4 Å². The Morgan fingerprint density at radius 2 is 1.52 bits per heavy atom. The zero-order valence-corrected chi connectivity index (χ0v) is 23.8. The molecule has 4 rings (SSSR count). The number of esters is 1. The van der Waals surface area contributed by atoms with Crippen molar-refractivity contribution in [3.8, 4) is 6.07 Å². The molecule has 1 heterocycles. The molecule has 42 heavy (non-hydrogen) atoms. The quantitative estimate of drug-likeness (QED) is 0.284. The summed E-state index contributed by atoms with van der Waals surface area (Å²) in [7, 11) is 1.30. The summed E-state index contributed by atoms with van der Waals surface area (Å²) in [4.78, 5) is 42.0. The molecule has 0 bridgehead atoms. The van der Waals surface area contributed by atoms with Crippen LogP contribution in [0.3, 0.4) is 0 Å². The normalized spacial score (nSPS) is 13.5. The lowest BCUT2D eigenvalue weighted by Gasteiger charge is -2.34. The number of hydrogen-bond acceptors (Lipinski definition) is 8. The lowest BCUT2D eigenvalue weighted by molar-refractivity contribution is -0.140. The van der Waals surface area contributed by atoms with Gasteiger partial charge in [-0.3, -0.25) is 24.2 Å². The smallest absolute Gasteiger partial charge is 0.307 e. The fraction of sp³-hybridized carbons (Fsp3) is 0.312. The number of benzene rings is 3. The second-order valence-electron chi connectivity index (χ2n) is 10.0. The summed E-state index contributed by atoms with van der Waals surface area (Å²) in [5.41, 5.74) is 3.66. The molecule has 10 heteroatoms. The summed E-state index contributed by atoms with van der Waals surface area (Å²) >= 11 is 0. The Labute approximate surface area is 246 Å². The predicted octanol–water partition coefficient (Wildman–Crippen LogP) is 3.33. The Balaban J connectivity index is 1.36. The van der Waals surface area contributed by atoms with Crippen molar-refractivity contribution >= 4 is 29.2 Å². The van der Waals surface area contributed by atoms with Crippen molar-refractivity contribution in [2.24, 2.45) is 0 Å². The molecule has 0 spiro atoms. The van der Waals surface area contributed by atoms with Crippen LogP contribution in [0.4, 0.5) is 11.4 Å². The first-order chi connectivity index (χ1) is 20.4. The lowest BCUT2D eigenvalue weighted by Crippen LogP contribution is -2.47. The van der Waals surface area contributed by atoms with E-state index in [0.717, 1.165) is 39.3 Å². The molecule has 0 radical (unpaired) electrons. The first-order valence-corrected chi connectivity index (χ1v) is 14.0. The Morgan fingerprint density at radius 3 is 2.21 bits per heavy atom. The summed E-state index contributed by atoms with van der Waals surface area (Å²) in [6, 6.07) is 23.9. The number of methoxy groups -OCH3 is 1. The van der Waals surface area contributed by atoms with E-state index in [-0.39, 0.29) is 24.8 Å². The van der Waals surface area contributed by atoms with Gasteiger partial charge in [0.15, 0.2) is 0 Å². The van der Waals surface area contributed by atoms with E-state index in [1.807, 2.05) is 12.1 Å². The molecule has 1 aliphatic heterocycles. The third-order valence-electron chi connectivity index (χ3n) is 7.11. The summed E-state index contributed by atoms with van der Waals surface area (Å²) in [5.74, 6) is -1.14. The molecule has 1 saturated heterocycles. The Morgan fingerprint density at radius 1 is 0.833 bits per heavy atom. The molecule has 0 saturated carbocycles. The summed E-state index contributed by atoms with van der Waals surface area (Å²) < 4.78 is 4.61. The van der Waals surface area contributed by atoms with Crippen LogP contribution in [-0.2, 0) is 16.1 Å². The van der Waals surface area contributed by atoms with Crippen LogP contribution in [-0.4, -0.2) is 80.5 Å². The van der Waals surface area contributed by atoms with Crippen molar-refractivity contribution in [2.75, 3.05) is 63.6 Å². The predicted molar refractivity (Wildman–Crippen MR) is 161 cm³/mol. The molecular formula is C32H36N6O4. The van der Waals surface area contributed by atoms with E-state index in [1.54, 1.807) is 42.5 Å². The summed E-state index contributed by atoms with van der Waals surface area (Å²) in [6.07, 6.45) is 0.0602. The number of nitriles is 1. The number of carbonyl (C=O) groups excluding carboxylic acids is 3. The third-order valence-corrected chi connectivity index (χ3v) is 7.11. The second kappa shape index (κ2) is 15.3. The van der Waals surface area contributed by atoms with Gasteiger partial charge in [-0.2, -0.15) is 5.26 Å². The minimum atomic E-state index is -0.414. The summed E-state index contributed by atoms with van der Waals surface area (Å²) in [6.45, 7) is 6.53. The zero-order valence-electron chi connectivity index (χ0n) is 23.8. The van der Waals surface area contributed by atoms with Gasteiger partial charge in [0.2, 0.25) is 0 Å². The van der Waals surface area contributed by atoms with Gasteiger partial charge in [0.1, 0.15) is 0 Å². The highest BCUT2D eigenvalue weighted by Crippen LogP contribution is 2.24. The Kier molecular flexibility index (Phi) is 11.0. The fourth-order valence-electron chi connectivity index (χ4n) is 4.68. The third kappa shape index (κ3) is 8.89. The van der Waals surface area contributed by atoms with Crippen molar-refractivity contribution in [1.82, 2.24) is 15.1 Å². The van der Waals surface area contributed by atoms with Gasteiger partial charge < -0.3 is 20.7 Å². The Hall–Kier alpha value is -4.72. The average Bonchev–Trinajstić information content (AvgIpc) is 3.02. The van der Waals surface area contributed by atoms with E-state index in [1.165, 1.54) is 12.7 Å². The maximum atomic E-state index is 13.0. The summed E-state index contributed by atoms with van der Waals surface area (Å²) in [5, 5.41) is 18.1. The van der Waals surface area contributed by atoms with Gasteiger partial charge in [0.05, 0.1) is 36.5 Å². The van der Waals surface area contributed by atoms with Crippen molar-refractivity contribution in [1.29, 1.82) is 5.26 Å². The van der Waals surface area contributed by atoms with Gasteiger partial charge >= 0.3 is 5.97 Å². The highest BCUT2D eigenvalue weighted by molar-refractivity contribution is 6.07. The van der Waals surface area contributed by atoms with E-state index in [0.29, 0.717) is 34.6 Å². The molecule has 2 amide bonds. The highest BCUT2D eigenvalue weighted by atomic mass is 16.5. The highest BCUT2D eigenvalue weighted by Gasteiger charge is 2.18. The standard InChI is InChI=1S/C32H36N6O4/c1-42-30(39)13-14-35-31(40)27-11-12-28(29(21-27)36-32(41)26-9-7-24(22-33)8-10-26)34-15-16-37-17-19-38(20-18-37)23-25-5-3-2-4-6-25/h2-12,21,34H,13-20,23H2,1H3,(H,35,40)(H,36,41). The minimum absolute atomic E-state index is 0.0602. The monoisotopic (exact) mass is 568 g/mol. The SMILES string of the molecule is COC(=O)CCNC(=O)c1ccc(NCCN2CCN(Cc3ccccc3)CC2)c(NC(=O)c2ccc(C#N)cc2)c1. The molecule has 3 aromatic rings. The first kappa shape index (κ1) is 30.2. The molecule has 1 fully saturated rings. The van der Waals surface area contributed by atoms with Gasteiger partial charge in [-0.05, 0) is 48.0 Å². The van der Waals surface area contributed by atoms with Crippen molar-refractivity contribution < 1.29 is 19.1 Å². The average molecular weight is 569 g/mol. The number of nitrogens with zero attached hydrogens (tertiary/aromatic N) is 3. The lowest BCUT2D eigenvalue weighted by atomic mass is 10.1. The molecule has 3 aromatic carbocycles. The Bertz CT molecular complexity index is 1400. The molecule has 3 N–H and O–H groups in total. The number of nitrogens with one attached hydrogen (secondary N) is 3. The maximum absolute atomic E-state index is 13.0. The number of carbonyl (C=O) groups is 3. The molecule has 0 atom stereocenters. The molecule has 10 nitrogen and oxygen atoms in total. The molecule has 0 unspecified atom stereocenters. The maximum Gasteiger partial charge on any atom is 0.307 e. The molecular weight excluding hydrogens is 532 g/mol. The van der Waals surface area contributed by atoms with Crippen LogP contribution in [0.25, 0.3) is 0 Å². The molecule has 0 aromatic heterocycles. The minimum Gasteiger partial charge on any atom is -0.469 e. The van der Waals surface area contributed by atoms with Crippen LogP contribution in [0, 0.1) is 11.3 Å². The van der Waals surface area contributed by atoms with E-state index < -0.39 is 5.97 Å². The zero-order chi connectivity index (χ0) is 29.7. The van der Waals surface area contributed by atoms with Gasteiger partial charge in [0.25, 0.3) is 11.8 Å². The molecule has 0 aliphatic carbocycles. The van der Waals surface area contributed by atoms with Crippen LogP contribution in [0.1, 0.15) is 38.3 Å². The number of piperazine rings is 1. The van der Waals surface area contributed by atoms with Crippen LogP contribution in [0.15, 0.2) is 72.8 Å². The largest absolute Gasteiger partial charge is 0.469 e. The molecule has 218 valence electrons. The van der Waals surface area contributed by atoms with Crippen molar-refractivity contribution in [3.05, 3.63) is 95.1 Å². The van der Waals surface area contributed by atoms with Gasteiger partial charge in [-0.25, -0.2) is 0 Å². The number of anilines is 2. The fourth-order valence-corrected chi connectivity index (χ4v) is 4.68. The number of rotatable bonds is 12. The van der Waals surface area contributed by atoms with E-state index in [4.69, 9.17) is 5.26 Å². The van der Waals surface area contributed by atoms with Crippen LogP contribution in [0.2, 0.25) is 0 Å².